The summed E-state index contributed by atoms with van der Waals surface area (Å²) in [6, 6.07) is 0.301. The van der Waals surface area contributed by atoms with Gasteiger partial charge in [0.15, 0.2) is 0 Å². The summed E-state index contributed by atoms with van der Waals surface area (Å²) < 4.78 is 0. The molecule has 0 spiro atoms. The number of nitrogens with zero attached hydrogens (tertiary/aromatic N) is 1. The summed E-state index contributed by atoms with van der Waals surface area (Å²) in [5.74, 6) is 0.640. The van der Waals surface area contributed by atoms with Gasteiger partial charge in [0.25, 0.3) is 0 Å². The minimum Gasteiger partial charge on any atom is -0.328 e. The van der Waals surface area contributed by atoms with Crippen LogP contribution >= 0.6 is 11.3 Å². The van der Waals surface area contributed by atoms with Crippen LogP contribution in [0, 0.1) is 12.8 Å². The third-order valence-electron chi connectivity index (χ3n) is 2.00. The third kappa shape index (κ3) is 3.87. The number of rotatable bonds is 4. The van der Waals surface area contributed by atoms with Crippen molar-refractivity contribution in [1.29, 1.82) is 0 Å². The SMILES string of the molecule is Cc1nc(CC(C)CC(C)N)cs1. The highest BCUT2D eigenvalue weighted by molar-refractivity contribution is 7.09. The summed E-state index contributed by atoms with van der Waals surface area (Å²) in [6.07, 6.45) is 2.14. The van der Waals surface area contributed by atoms with E-state index in [1.54, 1.807) is 11.3 Å². The zero-order valence-corrected chi connectivity index (χ0v) is 9.40. The van der Waals surface area contributed by atoms with Gasteiger partial charge >= 0.3 is 0 Å². The number of nitrogens with two attached hydrogens (primary N) is 1. The number of hydrogen-bond acceptors (Lipinski definition) is 3. The van der Waals surface area contributed by atoms with Crippen molar-refractivity contribution in [3.63, 3.8) is 0 Å². The topological polar surface area (TPSA) is 38.9 Å². The first kappa shape index (κ1) is 10.7. The van der Waals surface area contributed by atoms with E-state index in [1.165, 1.54) is 5.69 Å². The average Bonchev–Trinajstić information content (AvgIpc) is 2.33. The van der Waals surface area contributed by atoms with E-state index in [9.17, 15) is 0 Å². The second kappa shape index (κ2) is 4.72. The lowest BCUT2D eigenvalue weighted by atomic mass is 9.99. The lowest BCUT2D eigenvalue weighted by Gasteiger charge is -2.11. The Labute approximate surface area is 84.2 Å². The van der Waals surface area contributed by atoms with Crippen molar-refractivity contribution in [3.05, 3.63) is 16.1 Å². The molecule has 0 fully saturated rings. The van der Waals surface area contributed by atoms with Crippen LogP contribution in [0.4, 0.5) is 0 Å². The number of thiazole rings is 1. The minimum absolute atomic E-state index is 0.301. The van der Waals surface area contributed by atoms with E-state index >= 15 is 0 Å². The Morgan fingerprint density at radius 3 is 2.69 bits per heavy atom. The molecular weight excluding hydrogens is 180 g/mol. The van der Waals surface area contributed by atoms with Gasteiger partial charge in [0.05, 0.1) is 10.7 Å². The Kier molecular flexibility index (Phi) is 3.88. The summed E-state index contributed by atoms with van der Waals surface area (Å²) in [4.78, 5) is 4.44. The van der Waals surface area contributed by atoms with Gasteiger partial charge in [-0.3, -0.25) is 0 Å². The van der Waals surface area contributed by atoms with Crippen molar-refractivity contribution >= 4 is 11.3 Å². The van der Waals surface area contributed by atoms with E-state index in [1.807, 2.05) is 6.92 Å². The molecule has 13 heavy (non-hydrogen) atoms. The molecule has 0 amide bonds. The van der Waals surface area contributed by atoms with Crippen LogP contribution in [0.15, 0.2) is 5.38 Å². The predicted octanol–water partition coefficient (Wildman–Crippen LogP) is 2.37. The van der Waals surface area contributed by atoms with Crippen LogP contribution < -0.4 is 5.73 Å². The molecule has 2 nitrogen and oxygen atoms in total. The van der Waals surface area contributed by atoms with E-state index in [0.29, 0.717) is 12.0 Å². The van der Waals surface area contributed by atoms with E-state index in [0.717, 1.165) is 17.8 Å². The highest BCUT2D eigenvalue weighted by Crippen LogP contribution is 2.15. The molecular formula is C10H18N2S. The monoisotopic (exact) mass is 198 g/mol. The molecule has 0 bridgehead atoms. The van der Waals surface area contributed by atoms with Gasteiger partial charge in [0, 0.05) is 11.4 Å². The highest BCUT2D eigenvalue weighted by Gasteiger charge is 2.08. The summed E-state index contributed by atoms with van der Waals surface area (Å²) in [7, 11) is 0. The fourth-order valence-corrected chi connectivity index (χ4v) is 2.20. The molecule has 2 atom stereocenters. The molecule has 1 aromatic rings. The second-order valence-corrected chi connectivity index (χ2v) is 4.94. The maximum Gasteiger partial charge on any atom is 0.0897 e. The Bertz CT molecular complexity index is 255. The average molecular weight is 198 g/mol. The van der Waals surface area contributed by atoms with Gasteiger partial charge in [-0.05, 0) is 32.6 Å². The van der Waals surface area contributed by atoms with E-state index < -0.39 is 0 Å². The van der Waals surface area contributed by atoms with E-state index in [-0.39, 0.29) is 0 Å². The Morgan fingerprint density at radius 1 is 1.54 bits per heavy atom. The Morgan fingerprint density at radius 2 is 2.23 bits per heavy atom. The highest BCUT2D eigenvalue weighted by atomic mass is 32.1. The predicted molar refractivity (Wildman–Crippen MR) is 58.0 cm³/mol. The zero-order chi connectivity index (χ0) is 9.84. The first-order valence-corrected chi connectivity index (χ1v) is 5.62. The molecule has 1 heterocycles. The van der Waals surface area contributed by atoms with Crippen LogP contribution in [-0.4, -0.2) is 11.0 Å². The molecule has 0 aliphatic heterocycles. The van der Waals surface area contributed by atoms with Gasteiger partial charge in [-0.1, -0.05) is 6.92 Å². The van der Waals surface area contributed by atoms with Crippen LogP contribution in [0.2, 0.25) is 0 Å². The van der Waals surface area contributed by atoms with Crippen molar-refractivity contribution in [3.8, 4) is 0 Å². The molecule has 74 valence electrons. The maximum absolute atomic E-state index is 5.73. The van der Waals surface area contributed by atoms with Crippen LogP contribution in [0.25, 0.3) is 0 Å². The molecule has 0 aromatic carbocycles. The standard InChI is InChI=1S/C10H18N2S/c1-7(4-8(2)11)5-10-6-13-9(3)12-10/h6-8H,4-5,11H2,1-3H3. The Balaban J connectivity index is 2.40. The van der Waals surface area contributed by atoms with Gasteiger partial charge in [-0.25, -0.2) is 4.98 Å². The molecule has 0 saturated heterocycles. The smallest absolute Gasteiger partial charge is 0.0897 e. The van der Waals surface area contributed by atoms with Gasteiger partial charge in [0.1, 0.15) is 0 Å². The van der Waals surface area contributed by atoms with Crippen molar-refractivity contribution in [2.45, 2.75) is 39.7 Å². The summed E-state index contributed by atoms with van der Waals surface area (Å²) >= 11 is 1.72. The van der Waals surface area contributed by atoms with Gasteiger partial charge < -0.3 is 5.73 Å². The van der Waals surface area contributed by atoms with Gasteiger partial charge in [-0.15, -0.1) is 11.3 Å². The maximum atomic E-state index is 5.73. The van der Waals surface area contributed by atoms with Crippen molar-refractivity contribution < 1.29 is 0 Å². The molecule has 2 N–H and O–H groups in total. The fraction of sp³-hybridized carbons (Fsp3) is 0.700. The second-order valence-electron chi connectivity index (χ2n) is 3.88. The number of hydrogen-bond donors (Lipinski definition) is 1. The summed E-state index contributed by atoms with van der Waals surface area (Å²) in [6.45, 7) is 6.34. The molecule has 0 aliphatic rings. The molecule has 2 unspecified atom stereocenters. The van der Waals surface area contributed by atoms with Crippen LogP contribution in [-0.2, 0) is 6.42 Å². The van der Waals surface area contributed by atoms with Crippen LogP contribution in [0.5, 0.6) is 0 Å². The zero-order valence-electron chi connectivity index (χ0n) is 8.58. The van der Waals surface area contributed by atoms with Crippen molar-refractivity contribution in [2.75, 3.05) is 0 Å². The molecule has 1 rings (SSSR count). The molecule has 3 heteroatoms. The first-order chi connectivity index (χ1) is 6.08. The molecule has 1 aromatic heterocycles. The first-order valence-electron chi connectivity index (χ1n) is 4.74. The molecule has 0 radical (unpaired) electrons. The third-order valence-corrected chi connectivity index (χ3v) is 2.82. The lowest BCUT2D eigenvalue weighted by Crippen LogP contribution is -2.19. The van der Waals surface area contributed by atoms with Crippen molar-refractivity contribution in [2.24, 2.45) is 11.7 Å². The number of aromatic nitrogens is 1. The fourth-order valence-electron chi connectivity index (χ4n) is 1.58. The summed E-state index contributed by atoms with van der Waals surface area (Å²) in [5, 5.41) is 3.30. The largest absolute Gasteiger partial charge is 0.328 e. The minimum atomic E-state index is 0.301. The van der Waals surface area contributed by atoms with E-state index in [4.69, 9.17) is 5.73 Å². The quantitative estimate of drug-likeness (QED) is 0.806. The van der Waals surface area contributed by atoms with Crippen LogP contribution in [0.1, 0.15) is 31.0 Å². The normalized spacial score (nSPS) is 15.7. The van der Waals surface area contributed by atoms with Gasteiger partial charge in [0.2, 0.25) is 0 Å². The summed E-state index contributed by atoms with van der Waals surface area (Å²) in [5.41, 5.74) is 6.95. The van der Waals surface area contributed by atoms with Crippen LogP contribution in [0.3, 0.4) is 0 Å². The lowest BCUT2D eigenvalue weighted by molar-refractivity contribution is 0.476. The van der Waals surface area contributed by atoms with Gasteiger partial charge in [-0.2, -0.15) is 0 Å². The molecule has 0 saturated carbocycles. The Hall–Kier alpha value is -0.410. The van der Waals surface area contributed by atoms with Crippen molar-refractivity contribution in [1.82, 2.24) is 4.98 Å². The number of aryl methyl sites for hydroxylation is 1. The van der Waals surface area contributed by atoms with E-state index in [2.05, 4.69) is 24.2 Å². The molecule has 0 aliphatic carbocycles.